The number of aromatic amines is 1. The van der Waals surface area contributed by atoms with E-state index in [0.717, 1.165) is 20.9 Å². The van der Waals surface area contributed by atoms with E-state index in [4.69, 9.17) is 0 Å². The molecule has 0 saturated heterocycles. The summed E-state index contributed by atoms with van der Waals surface area (Å²) in [4.78, 5) is 3.13. The Morgan fingerprint density at radius 2 is 2.23 bits per heavy atom. The van der Waals surface area contributed by atoms with Crippen LogP contribution in [0.15, 0.2) is 28.9 Å². The zero-order valence-corrected chi connectivity index (χ0v) is 8.80. The summed E-state index contributed by atoms with van der Waals surface area (Å²) in [6, 6.07) is 5.90. The maximum absolute atomic E-state index is 9.36. The zero-order chi connectivity index (χ0) is 9.42. The highest BCUT2D eigenvalue weighted by Gasteiger charge is 2.04. The minimum Gasteiger partial charge on any atom is -0.389 e. The molecule has 0 amide bonds. The number of H-pyrrole nitrogens is 1. The SMILES string of the molecule is CC(O)c1ccc2c(Br)c[nH]c2c1. The molecule has 2 rings (SSSR count). The standard InChI is InChI=1S/C10H10BrNO/c1-6(13)7-2-3-8-9(11)5-12-10(8)4-7/h2-6,12-13H,1H3. The maximum atomic E-state index is 9.36. The Kier molecular flexibility index (Phi) is 2.14. The Morgan fingerprint density at radius 1 is 1.46 bits per heavy atom. The number of aliphatic hydroxyl groups is 1. The van der Waals surface area contributed by atoms with Crippen molar-refractivity contribution in [3.05, 3.63) is 34.4 Å². The van der Waals surface area contributed by atoms with Crippen LogP contribution in [-0.4, -0.2) is 10.1 Å². The van der Waals surface area contributed by atoms with Gasteiger partial charge in [-0.2, -0.15) is 0 Å². The summed E-state index contributed by atoms with van der Waals surface area (Å²) in [5.41, 5.74) is 1.98. The minimum atomic E-state index is -0.411. The van der Waals surface area contributed by atoms with Gasteiger partial charge in [-0.15, -0.1) is 0 Å². The third kappa shape index (κ3) is 1.49. The predicted molar refractivity (Wildman–Crippen MR) is 56.6 cm³/mol. The van der Waals surface area contributed by atoms with Gasteiger partial charge in [0, 0.05) is 21.6 Å². The van der Waals surface area contributed by atoms with Crippen molar-refractivity contribution in [1.82, 2.24) is 4.98 Å². The Bertz CT molecular complexity index is 433. The zero-order valence-electron chi connectivity index (χ0n) is 7.21. The minimum absolute atomic E-state index is 0.411. The quantitative estimate of drug-likeness (QED) is 0.789. The summed E-state index contributed by atoms with van der Waals surface area (Å²) in [5, 5.41) is 10.5. The van der Waals surface area contributed by atoms with Gasteiger partial charge in [0.25, 0.3) is 0 Å². The van der Waals surface area contributed by atoms with E-state index in [-0.39, 0.29) is 0 Å². The van der Waals surface area contributed by atoms with E-state index in [9.17, 15) is 5.11 Å². The van der Waals surface area contributed by atoms with Crippen molar-refractivity contribution < 1.29 is 5.11 Å². The topological polar surface area (TPSA) is 36.0 Å². The molecule has 0 aliphatic rings. The summed E-state index contributed by atoms with van der Waals surface area (Å²) >= 11 is 3.43. The van der Waals surface area contributed by atoms with Crippen LogP contribution in [0.2, 0.25) is 0 Å². The molecule has 0 radical (unpaired) electrons. The van der Waals surface area contributed by atoms with Crippen LogP contribution in [0.3, 0.4) is 0 Å². The van der Waals surface area contributed by atoms with Crippen molar-refractivity contribution in [2.24, 2.45) is 0 Å². The van der Waals surface area contributed by atoms with Gasteiger partial charge in [-0.05, 0) is 34.5 Å². The lowest BCUT2D eigenvalue weighted by atomic mass is 10.1. The Hall–Kier alpha value is -0.800. The van der Waals surface area contributed by atoms with E-state index in [1.54, 1.807) is 6.92 Å². The normalized spacial score (nSPS) is 13.5. The van der Waals surface area contributed by atoms with Crippen LogP contribution in [0, 0.1) is 0 Å². The molecule has 0 aliphatic carbocycles. The summed E-state index contributed by atoms with van der Waals surface area (Å²) in [6.45, 7) is 1.76. The van der Waals surface area contributed by atoms with Crippen molar-refractivity contribution in [3.63, 3.8) is 0 Å². The average molecular weight is 240 g/mol. The molecule has 0 fully saturated rings. The number of hydrogen-bond acceptors (Lipinski definition) is 1. The molecular weight excluding hydrogens is 230 g/mol. The van der Waals surface area contributed by atoms with Gasteiger partial charge in [-0.25, -0.2) is 0 Å². The Balaban J connectivity index is 2.63. The number of aromatic nitrogens is 1. The molecule has 0 bridgehead atoms. The van der Waals surface area contributed by atoms with Gasteiger partial charge in [0.05, 0.1) is 6.10 Å². The molecule has 2 nitrogen and oxygen atoms in total. The molecule has 1 aromatic carbocycles. The summed E-state index contributed by atoms with van der Waals surface area (Å²) in [5.74, 6) is 0. The molecule has 3 heteroatoms. The second-order valence-electron chi connectivity index (χ2n) is 3.12. The van der Waals surface area contributed by atoms with Gasteiger partial charge in [0.1, 0.15) is 0 Å². The van der Waals surface area contributed by atoms with Gasteiger partial charge >= 0.3 is 0 Å². The second-order valence-corrected chi connectivity index (χ2v) is 3.97. The first kappa shape index (κ1) is 8.78. The summed E-state index contributed by atoms with van der Waals surface area (Å²) < 4.78 is 1.06. The molecule has 2 aromatic rings. The number of halogens is 1. The highest BCUT2D eigenvalue weighted by atomic mass is 79.9. The second kappa shape index (κ2) is 3.16. The van der Waals surface area contributed by atoms with Crippen molar-refractivity contribution in [2.45, 2.75) is 13.0 Å². The lowest BCUT2D eigenvalue weighted by molar-refractivity contribution is 0.199. The van der Waals surface area contributed by atoms with Crippen LogP contribution in [-0.2, 0) is 0 Å². The molecule has 1 heterocycles. The van der Waals surface area contributed by atoms with Crippen molar-refractivity contribution in [2.75, 3.05) is 0 Å². The van der Waals surface area contributed by atoms with Crippen LogP contribution in [0.5, 0.6) is 0 Å². The third-order valence-electron chi connectivity index (χ3n) is 2.14. The van der Waals surface area contributed by atoms with E-state index < -0.39 is 6.10 Å². The smallest absolute Gasteiger partial charge is 0.0762 e. The lowest BCUT2D eigenvalue weighted by Crippen LogP contribution is -1.89. The fourth-order valence-corrected chi connectivity index (χ4v) is 1.83. The molecule has 13 heavy (non-hydrogen) atoms. The van der Waals surface area contributed by atoms with Gasteiger partial charge in [0.2, 0.25) is 0 Å². The first-order valence-corrected chi connectivity index (χ1v) is 4.92. The van der Waals surface area contributed by atoms with Gasteiger partial charge < -0.3 is 10.1 Å². The van der Waals surface area contributed by atoms with E-state index in [1.165, 1.54) is 0 Å². The van der Waals surface area contributed by atoms with Crippen LogP contribution in [0.25, 0.3) is 10.9 Å². The molecular formula is C10H10BrNO. The molecule has 0 aliphatic heterocycles. The lowest BCUT2D eigenvalue weighted by Gasteiger charge is -2.03. The van der Waals surface area contributed by atoms with Crippen molar-refractivity contribution in [3.8, 4) is 0 Å². The highest BCUT2D eigenvalue weighted by molar-refractivity contribution is 9.10. The fraction of sp³-hybridized carbons (Fsp3) is 0.200. The number of hydrogen-bond donors (Lipinski definition) is 2. The number of rotatable bonds is 1. The molecule has 68 valence electrons. The van der Waals surface area contributed by atoms with Gasteiger partial charge in [-0.3, -0.25) is 0 Å². The average Bonchev–Trinajstić information content (AvgIpc) is 2.47. The van der Waals surface area contributed by atoms with E-state index in [2.05, 4.69) is 20.9 Å². The first-order chi connectivity index (χ1) is 6.18. The monoisotopic (exact) mass is 239 g/mol. The molecule has 0 saturated carbocycles. The Morgan fingerprint density at radius 3 is 2.92 bits per heavy atom. The van der Waals surface area contributed by atoms with Crippen LogP contribution in [0.1, 0.15) is 18.6 Å². The van der Waals surface area contributed by atoms with Crippen LogP contribution in [0.4, 0.5) is 0 Å². The van der Waals surface area contributed by atoms with Crippen LogP contribution < -0.4 is 0 Å². The number of fused-ring (bicyclic) bond motifs is 1. The maximum Gasteiger partial charge on any atom is 0.0762 e. The van der Waals surface area contributed by atoms with Gasteiger partial charge in [0.15, 0.2) is 0 Å². The molecule has 0 spiro atoms. The summed E-state index contributed by atoms with van der Waals surface area (Å²) in [7, 11) is 0. The molecule has 1 atom stereocenters. The number of benzene rings is 1. The van der Waals surface area contributed by atoms with E-state index in [0.29, 0.717) is 0 Å². The molecule has 1 unspecified atom stereocenters. The predicted octanol–water partition coefficient (Wildman–Crippen LogP) is 2.98. The van der Waals surface area contributed by atoms with Crippen LogP contribution >= 0.6 is 15.9 Å². The van der Waals surface area contributed by atoms with Crippen molar-refractivity contribution in [1.29, 1.82) is 0 Å². The largest absolute Gasteiger partial charge is 0.389 e. The molecule has 1 aromatic heterocycles. The fourth-order valence-electron chi connectivity index (χ4n) is 1.37. The molecule has 2 N–H and O–H groups in total. The first-order valence-electron chi connectivity index (χ1n) is 4.13. The highest BCUT2D eigenvalue weighted by Crippen LogP contribution is 2.25. The summed E-state index contributed by atoms with van der Waals surface area (Å²) in [6.07, 6.45) is 1.49. The Labute approximate surface area is 84.7 Å². The van der Waals surface area contributed by atoms with E-state index >= 15 is 0 Å². The van der Waals surface area contributed by atoms with E-state index in [1.807, 2.05) is 24.4 Å². The number of aliphatic hydroxyl groups excluding tert-OH is 1. The number of nitrogens with one attached hydrogen (secondary N) is 1. The van der Waals surface area contributed by atoms with Gasteiger partial charge in [-0.1, -0.05) is 12.1 Å². The van der Waals surface area contributed by atoms with Crippen molar-refractivity contribution >= 4 is 26.8 Å². The third-order valence-corrected chi connectivity index (χ3v) is 2.79.